The Morgan fingerprint density at radius 1 is 1.22 bits per heavy atom. The van der Waals surface area contributed by atoms with E-state index in [4.69, 9.17) is 0 Å². The summed E-state index contributed by atoms with van der Waals surface area (Å²) in [7, 11) is 0. The molecule has 2 unspecified atom stereocenters. The van der Waals surface area contributed by atoms with Gasteiger partial charge in [-0.15, -0.1) is 0 Å². The first-order valence-electron chi connectivity index (χ1n) is 7.76. The molecule has 0 radical (unpaired) electrons. The highest BCUT2D eigenvalue weighted by Crippen LogP contribution is 2.24. The summed E-state index contributed by atoms with van der Waals surface area (Å²) >= 11 is 0. The van der Waals surface area contributed by atoms with Crippen molar-refractivity contribution in [3.8, 4) is 0 Å². The second kappa shape index (κ2) is 7.19. The molecule has 2 N–H and O–H groups in total. The number of aryl methyl sites for hydroxylation is 2. The number of rotatable bonds is 6. The summed E-state index contributed by atoms with van der Waals surface area (Å²) in [5.74, 6) is -1.48. The Kier molecular flexibility index (Phi) is 5.49. The molecule has 2 aromatic rings. The van der Waals surface area contributed by atoms with Crippen molar-refractivity contribution < 1.29 is 13.9 Å². The van der Waals surface area contributed by atoms with Crippen molar-refractivity contribution in [2.75, 3.05) is 6.54 Å². The van der Waals surface area contributed by atoms with E-state index in [-0.39, 0.29) is 18.2 Å². The molecule has 1 heterocycles. The fourth-order valence-corrected chi connectivity index (χ4v) is 2.97. The second-order valence-corrected chi connectivity index (χ2v) is 5.68. The SMILES string of the molecule is CCn1nc(C)c(C(C)NCC(O)c2c(F)cccc2F)c1C. The number of nitrogens with zero attached hydrogens (tertiary/aromatic N) is 2. The number of hydrogen-bond acceptors (Lipinski definition) is 3. The molecular weight excluding hydrogens is 300 g/mol. The fourth-order valence-electron chi connectivity index (χ4n) is 2.97. The number of aromatic nitrogens is 2. The zero-order chi connectivity index (χ0) is 17.1. The maximum Gasteiger partial charge on any atom is 0.131 e. The molecule has 0 saturated heterocycles. The number of halogens is 2. The number of benzene rings is 1. The van der Waals surface area contributed by atoms with E-state index >= 15 is 0 Å². The monoisotopic (exact) mass is 323 g/mol. The van der Waals surface area contributed by atoms with Gasteiger partial charge >= 0.3 is 0 Å². The molecule has 1 aromatic carbocycles. The van der Waals surface area contributed by atoms with Gasteiger partial charge in [0.05, 0.1) is 17.4 Å². The molecule has 0 bridgehead atoms. The molecule has 1 aromatic heterocycles. The van der Waals surface area contributed by atoms with Crippen LogP contribution in [-0.4, -0.2) is 21.4 Å². The van der Waals surface area contributed by atoms with E-state index in [1.165, 1.54) is 6.07 Å². The summed E-state index contributed by atoms with van der Waals surface area (Å²) in [6.07, 6.45) is -1.25. The Morgan fingerprint density at radius 3 is 2.35 bits per heavy atom. The Labute approximate surface area is 135 Å². The topological polar surface area (TPSA) is 50.1 Å². The third-order valence-corrected chi connectivity index (χ3v) is 4.12. The minimum atomic E-state index is -1.25. The molecule has 0 aliphatic carbocycles. The van der Waals surface area contributed by atoms with Gasteiger partial charge in [-0.25, -0.2) is 8.78 Å². The van der Waals surface area contributed by atoms with Crippen LogP contribution in [-0.2, 0) is 6.54 Å². The lowest BCUT2D eigenvalue weighted by molar-refractivity contribution is 0.161. The number of aliphatic hydroxyl groups is 1. The highest BCUT2D eigenvalue weighted by molar-refractivity contribution is 5.28. The predicted molar refractivity (Wildman–Crippen MR) is 85.1 cm³/mol. The minimum absolute atomic E-state index is 0.0508. The summed E-state index contributed by atoms with van der Waals surface area (Å²) in [6.45, 7) is 8.72. The van der Waals surface area contributed by atoms with E-state index < -0.39 is 17.7 Å². The van der Waals surface area contributed by atoms with Crippen molar-refractivity contribution in [1.29, 1.82) is 0 Å². The molecule has 4 nitrogen and oxygen atoms in total. The molecule has 2 atom stereocenters. The fraction of sp³-hybridized carbons (Fsp3) is 0.471. The van der Waals surface area contributed by atoms with Crippen LogP contribution >= 0.6 is 0 Å². The molecule has 0 fully saturated rings. The zero-order valence-electron chi connectivity index (χ0n) is 13.9. The molecule has 6 heteroatoms. The second-order valence-electron chi connectivity index (χ2n) is 5.68. The molecule has 0 aliphatic heterocycles. The first kappa shape index (κ1) is 17.6. The van der Waals surface area contributed by atoms with Gasteiger partial charge < -0.3 is 10.4 Å². The molecule has 23 heavy (non-hydrogen) atoms. The lowest BCUT2D eigenvalue weighted by atomic mass is 10.0. The van der Waals surface area contributed by atoms with Crippen LogP contribution in [0.25, 0.3) is 0 Å². The van der Waals surface area contributed by atoms with Crippen molar-refractivity contribution in [3.05, 3.63) is 52.3 Å². The van der Waals surface area contributed by atoms with Gasteiger partial charge in [-0.3, -0.25) is 4.68 Å². The van der Waals surface area contributed by atoms with Crippen molar-refractivity contribution >= 4 is 0 Å². The highest BCUT2D eigenvalue weighted by atomic mass is 19.1. The van der Waals surface area contributed by atoms with Gasteiger partial charge in [0.1, 0.15) is 11.6 Å². The Balaban J connectivity index is 2.10. The largest absolute Gasteiger partial charge is 0.387 e. The van der Waals surface area contributed by atoms with Crippen LogP contribution in [0.5, 0.6) is 0 Å². The average Bonchev–Trinajstić information content (AvgIpc) is 2.79. The van der Waals surface area contributed by atoms with Gasteiger partial charge in [-0.05, 0) is 39.8 Å². The van der Waals surface area contributed by atoms with E-state index in [1.54, 1.807) is 0 Å². The van der Waals surface area contributed by atoms with E-state index in [9.17, 15) is 13.9 Å². The summed E-state index contributed by atoms with van der Waals surface area (Å²) in [5.41, 5.74) is 2.71. The van der Waals surface area contributed by atoms with Crippen molar-refractivity contribution in [1.82, 2.24) is 15.1 Å². The van der Waals surface area contributed by atoms with Gasteiger partial charge in [-0.1, -0.05) is 6.07 Å². The van der Waals surface area contributed by atoms with Crippen LogP contribution < -0.4 is 5.32 Å². The molecule has 2 rings (SSSR count). The molecule has 0 amide bonds. The van der Waals surface area contributed by atoms with Crippen molar-refractivity contribution in [3.63, 3.8) is 0 Å². The van der Waals surface area contributed by atoms with E-state index in [0.29, 0.717) is 0 Å². The number of nitrogens with one attached hydrogen (secondary N) is 1. The van der Waals surface area contributed by atoms with Gasteiger partial charge in [-0.2, -0.15) is 5.10 Å². The molecule has 0 aliphatic rings. The van der Waals surface area contributed by atoms with E-state index in [2.05, 4.69) is 10.4 Å². The Hall–Kier alpha value is -1.79. The zero-order valence-corrected chi connectivity index (χ0v) is 13.9. The first-order valence-corrected chi connectivity index (χ1v) is 7.76. The molecule has 0 saturated carbocycles. The van der Waals surface area contributed by atoms with Crippen molar-refractivity contribution in [2.24, 2.45) is 0 Å². The highest BCUT2D eigenvalue weighted by Gasteiger charge is 2.21. The smallest absolute Gasteiger partial charge is 0.131 e. The van der Waals surface area contributed by atoms with Gasteiger partial charge in [0, 0.05) is 30.4 Å². The van der Waals surface area contributed by atoms with Crippen LogP contribution in [0, 0.1) is 25.5 Å². The summed E-state index contributed by atoms with van der Waals surface area (Å²) in [4.78, 5) is 0. The van der Waals surface area contributed by atoms with Crippen LogP contribution in [0.2, 0.25) is 0 Å². The standard InChI is InChI=1S/C17H23F2N3O/c1-5-22-12(4)16(11(3)21-22)10(2)20-9-15(23)17-13(18)7-6-8-14(17)19/h6-8,10,15,20,23H,5,9H2,1-4H3. The average molecular weight is 323 g/mol. The van der Waals surface area contributed by atoms with Crippen LogP contribution in [0.1, 0.15) is 48.5 Å². The number of hydrogen-bond donors (Lipinski definition) is 2. The summed E-state index contributed by atoms with van der Waals surface area (Å²) in [5, 5.41) is 17.7. The minimum Gasteiger partial charge on any atom is -0.387 e. The number of aliphatic hydroxyl groups excluding tert-OH is 1. The van der Waals surface area contributed by atoms with Crippen LogP contribution in [0.3, 0.4) is 0 Å². The first-order chi connectivity index (χ1) is 10.9. The van der Waals surface area contributed by atoms with Gasteiger partial charge in [0.15, 0.2) is 0 Å². The maximum atomic E-state index is 13.7. The van der Waals surface area contributed by atoms with E-state index in [1.807, 2.05) is 32.4 Å². The lowest BCUT2D eigenvalue weighted by Crippen LogP contribution is -2.26. The van der Waals surface area contributed by atoms with Crippen molar-refractivity contribution in [2.45, 2.75) is 46.4 Å². The van der Waals surface area contributed by atoms with Gasteiger partial charge in [0.25, 0.3) is 0 Å². The van der Waals surface area contributed by atoms with Crippen LogP contribution in [0.4, 0.5) is 8.78 Å². The molecule has 126 valence electrons. The summed E-state index contributed by atoms with van der Waals surface area (Å²) in [6, 6.07) is 3.48. The third-order valence-electron chi connectivity index (χ3n) is 4.12. The molecular formula is C17H23F2N3O. The third kappa shape index (κ3) is 3.59. The molecule has 0 spiro atoms. The van der Waals surface area contributed by atoms with Crippen LogP contribution in [0.15, 0.2) is 18.2 Å². The lowest BCUT2D eigenvalue weighted by Gasteiger charge is -2.19. The van der Waals surface area contributed by atoms with E-state index in [0.717, 1.165) is 35.6 Å². The quantitative estimate of drug-likeness (QED) is 0.858. The maximum absolute atomic E-state index is 13.7. The predicted octanol–water partition coefficient (Wildman–Crippen LogP) is 3.18. The normalized spacial score (nSPS) is 14.0. The Morgan fingerprint density at radius 2 is 1.83 bits per heavy atom. The summed E-state index contributed by atoms with van der Waals surface area (Å²) < 4.78 is 29.3. The van der Waals surface area contributed by atoms with Gasteiger partial charge in [0.2, 0.25) is 0 Å². The Bertz CT molecular complexity index is 664.